The number of rotatable bonds is 4. The van der Waals surface area contributed by atoms with Crippen molar-refractivity contribution in [1.29, 1.82) is 0 Å². The Morgan fingerprint density at radius 2 is 2.20 bits per heavy atom. The molecule has 1 aliphatic rings. The minimum atomic E-state index is -0.227. The molecule has 2 unspecified atom stereocenters. The van der Waals surface area contributed by atoms with Gasteiger partial charge >= 0.3 is 0 Å². The number of aliphatic hydroxyl groups is 1. The van der Waals surface area contributed by atoms with Crippen LogP contribution < -0.4 is 0 Å². The summed E-state index contributed by atoms with van der Waals surface area (Å²) in [5, 5.41) is 13.8. The second-order valence-corrected chi connectivity index (χ2v) is 5.57. The Labute approximate surface area is 119 Å². The van der Waals surface area contributed by atoms with Crippen LogP contribution in [0.15, 0.2) is 40.9 Å². The van der Waals surface area contributed by atoms with Crippen LogP contribution in [-0.2, 0) is 6.54 Å². The van der Waals surface area contributed by atoms with E-state index in [2.05, 4.69) is 10.1 Å². The Hall–Kier alpha value is -1.65. The van der Waals surface area contributed by atoms with Crippen molar-refractivity contribution in [3.8, 4) is 11.3 Å². The maximum Gasteiger partial charge on any atom is 0.151 e. The van der Waals surface area contributed by atoms with Crippen LogP contribution in [0, 0.1) is 5.92 Å². The number of nitrogens with zero attached hydrogens (tertiary/aromatic N) is 2. The van der Waals surface area contributed by atoms with Crippen molar-refractivity contribution in [1.82, 2.24) is 10.1 Å². The van der Waals surface area contributed by atoms with Gasteiger partial charge in [-0.1, -0.05) is 35.5 Å². The fraction of sp³-hybridized carbons (Fsp3) is 0.438. The molecule has 1 aromatic heterocycles. The fourth-order valence-corrected chi connectivity index (χ4v) is 2.75. The van der Waals surface area contributed by atoms with Gasteiger partial charge < -0.3 is 9.63 Å². The number of hydrogen-bond acceptors (Lipinski definition) is 4. The van der Waals surface area contributed by atoms with Crippen LogP contribution in [0.4, 0.5) is 0 Å². The third-order valence-electron chi connectivity index (χ3n) is 4.00. The number of likely N-dealkylation sites (tertiary alicyclic amines) is 1. The van der Waals surface area contributed by atoms with Crippen LogP contribution >= 0.6 is 0 Å². The predicted octanol–water partition coefficient (Wildman–Crippen LogP) is 2.54. The molecule has 0 aliphatic carbocycles. The van der Waals surface area contributed by atoms with Crippen molar-refractivity contribution in [2.45, 2.75) is 26.0 Å². The van der Waals surface area contributed by atoms with Crippen molar-refractivity contribution in [2.24, 2.45) is 5.92 Å². The molecular weight excluding hydrogens is 252 g/mol. The van der Waals surface area contributed by atoms with Gasteiger partial charge in [0.1, 0.15) is 5.69 Å². The fourth-order valence-electron chi connectivity index (χ4n) is 2.75. The second kappa shape index (κ2) is 5.77. The van der Waals surface area contributed by atoms with Gasteiger partial charge in [0.05, 0.1) is 12.6 Å². The molecule has 2 heterocycles. The molecule has 0 spiro atoms. The molecule has 2 atom stereocenters. The average molecular weight is 272 g/mol. The third kappa shape index (κ3) is 2.92. The monoisotopic (exact) mass is 272 g/mol. The molecule has 1 aromatic carbocycles. The first kappa shape index (κ1) is 13.3. The second-order valence-electron chi connectivity index (χ2n) is 5.57. The minimum absolute atomic E-state index is 0.227. The lowest BCUT2D eigenvalue weighted by atomic mass is 10.0. The molecule has 1 fully saturated rings. The molecule has 4 heteroatoms. The maximum absolute atomic E-state index is 9.63. The van der Waals surface area contributed by atoms with E-state index in [1.165, 1.54) is 0 Å². The van der Waals surface area contributed by atoms with E-state index in [-0.39, 0.29) is 6.10 Å². The number of aliphatic hydroxyl groups excluding tert-OH is 1. The predicted molar refractivity (Wildman–Crippen MR) is 77.0 cm³/mol. The third-order valence-corrected chi connectivity index (χ3v) is 4.00. The summed E-state index contributed by atoms with van der Waals surface area (Å²) in [4.78, 5) is 2.31. The van der Waals surface area contributed by atoms with Crippen molar-refractivity contribution in [3.63, 3.8) is 0 Å². The van der Waals surface area contributed by atoms with E-state index in [4.69, 9.17) is 4.52 Å². The normalized spacial score (nSPS) is 21.2. The Morgan fingerprint density at radius 1 is 1.40 bits per heavy atom. The maximum atomic E-state index is 9.63. The van der Waals surface area contributed by atoms with E-state index in [1.807, 2.05) is 43.3 Å². The lowest BCUT2D eigenvalue weighted by Crippen LogP contribution is -2.23. The molecule has 3 rings (SSSR count). The van der Waals surface area contributed by atoms with E-state index < -0.39 is 0 Å². The van der Waals surface area contributed by atoms with Gasteiger partial charge in [0, 0.05) is 18.2 Å². The van der Waals surface area contributed by atoms with Crippen LogP contribution in [0.2, 0.25) is 0 Å². The van der Waals surface area contributed by atoms with E-state index >= 15 is 0 Å². The molecular formula is C16H20N2O2. The summed E-state index contributed by atoms with van der Waals surface area (Å²) in [6.07, 6.45) is 0.826. The van der Waals surface area contributed by atoms with Crippen LogP contribution in [0.25, 0.3) is 11.3 Å². The molecule has 0 amide bonds. The van der Waals surface area contributed by atoms with Crippen LogP contribution in [0.3, 0.4) is 0 Å². The highest BCUT2D eigenvalue weighted by Crippen LogP contribution is 2.23. The SMILES string of the molecule is CC(O)C1CCN(Cc2cc(-c3ccccc3)no2)C1. The molecule has 106 valence electrons. The number of benzene rings is 1. The van der Waals surface area contributed by atoms with Gasteiger partial charge in [-0.2, -0.15) is 0 Å². The average Bonchev–Trinajstić information content (AvgIpc) is 3.10. The van der Waals surface area contributed by atoms with Crippen molar-refractivity contribution >= 4 is 0 Å². The molecule has 20 heavy (non-hydrogen) atoms. The van der Waals surface area contributed by atoms with Gasteiger partial charge in [-0.25, -0.2) is 0 Å². The largest absolute Gasteiger partial charge is 0.393 e. The molecule has 2 aromatic rings. The molecule has 0 saturated carbocycles. The van der Waals surface area contributed by atoms with Gasteiger partial charge in [0.25, 0.3) is 0 Å². The molecule has 1 saturated heterocycles. The minimum Gasteiger partial charge on any atom is -0.393 e. The Morgan fingerprint density at radius 3 is 2.90 bits per heavy atom. The summed E-state index contributed by atoms with van der Waals surface area (Å²) < 4.78 is 5.42. The molecule has 0 radical (unpaired) electrons. The highest BCUT2D eigenvalue weighted by Gasteiger charge is 2.26. The van der Waals surface area contributed by atoms with Crippen molar-refractivity contribution < 1.29 is 9.63 Å². The first-order chi connectivity index (χ1) is 9.72. The topological polar surface area (TPSA) is 49.5 Å². The zero-order chi connectivity index (χ0) is 13.9. The van der Waals surface area contributed by atoms with E-state index in [0.29, 0.717) is 5.92 Å². The van der Waals surface area contributed by atoms with Crippen LogP contribution in [-0.4, -0.2) is 34.4 Å². The summed E-state index contributed by atoms with van der Waals surface area (Å²) >= 11 is 0. The lowest BCUT2D eigenvalue weighted by molar-refractivity contribution is 0.126. The van der Waals surface area contributed by atoms with Gasteiger partial charge in [-0.15, -0.1) is 0 Å². The van der Waals surface area contributed by atoms with Gasteiger partial charge in [0.15, 0.2) is 5.76 Å². The first-order valence-electron chi connectivity index (χ1n) is 7.14. The van der Waals surface area contributed by atoms with Gasteiger partial charge in [0.2, 0.25) is 0 Å². The molecule has 0 bridgehead atoms. The lowest BCUT2D eigenvalue weighted by Gasteiger charge is -2.15. The standard InChI is InChI=1S/C16H20N2O2/c1-12(19)14-7-8-18(10-14)11-15-9-16(17-20-15)13-5-3-2-4-6-13/h2-6,9,12,14,19H,7-8,10-11H2,1H3. The van der Waals surface area contributed by atoms with E-state index in [0.717, 1.165) is 43.1 Å². The van der Waals surface area contributed by atoms with E-state index in [9.17, 15) is 5.11 Å². The smallest absolute Gasteiger partial charge is 0.151 e. The summed E-state index contributed by atoms with van der Waals surface area (Å²) in [5.74, 6) is 1.27. The van der Waals surface area contributed by atoms with Gasteiger partial charge in [-0.05, 0) is 25.8 Å². The summed E-state index contributed by atoms with van der Waals surface area (Å²) in [6.45, 7) is 4.58. The highest BCUT2D eigenvalue weighted by atomic mass is 16.5. The van der Waals surface area contributed by atoms with E-state index in [1.54, 1.807) is 0 Å². The number of hydrogen-bond donors (Lipinski definition) is 1. The van der Waals surface area contributed by atoms with Crippen LogP contribution in [0.1, 0.15) is 19.1 Å². The quantitative estimate of drug-likeness (QED) is 0.929. The van der Waals surface area contributed by atoms with Crippen molar-refractivity contribution in [2.75, 3.05) is 13.1 Å². The summed E-state index contributed by atoms with van der Waals surface area (Å²) in [5.41, 5.74) is 1.96. The summed E-state index contributed by atoms with van der Waals surface area (Å²) in [7, 11) is 0. The number of aromatic nitrogens is 1. The molecule has 1 aliphatic heterocycles. The Balaban J connectivity index is 1.64. The Kier molecular flexibility index (Phi) is 3.85. The molecule has 4 nitrogen and oxygen atoms in total. The molecule has 1 N–H and O–H groups in total. The van der Waals surface area contributed by atoms with Gasteiger partial charge in [-0.3, -0.25) is 4.90 Å². The summed E-state index contributed by atoms with van der Waals surface area (Å²) in [6, 6.07) is 12.0. The first-order valence-corrected chi connectivity index (χ1v) is 7.14. The zero-order valence-electron chi connectivity index (χ0n) is 11.7. The van der Waals surface area contributed by atoms with Crippen LogP contribution in [0.5, 0.6) is 0 Å². The highest BCUT2D eigenvalue weighted by molar-refractivity contribution is 5.58. The zero-order valence-corrected chi connectivity index (χ0v) is 11.7. The van der Waals surface area contributed by atoms with Crippen molar-refractivity contribution in [3.05, 3.63) is 42.2 Å². The Bertz CT molecular complexity index is 551.